The number of methoxy groups -OCH3 is 1. The summed E-state index contributed by atoms with van der Waals surface area (Å²) >= 11 is 2.23. The summed E-state index contributed by atoms with van der Waals surface area (Å²) in [6.07, 6.45) is 1.25. The van der Waals surface area contributed by atoms with Crippen LogP contribution in [0.3, 0.4) is 0 Å². The molecular weight excluding hydrogens is 398 g/mol. The third kappa shape index (κ3) is 3.47. The van der Waals surface area contributed by atoms with Crippen LogP contribution >= 0.6 is 23.1 Å². The average Bonchev–Trinajstić information content (AvgIpc) is 3.36. The van der Waals surface area contributed by atoms with E-state index in [0.29, 0.717) is 21.1 Å². The van der Waals surface area contributed by atoms with Gasteiger partial charge < -0.3 is 4.74 Å². The van der Waals surface area contributed by atoms with Crippen molar-refractivity contribution in [2.75, 3.05) is 7.11 Å². The number of hydrogen-bond donors (Lipinski definition) is 0. The number of ether oxygens (including phenoxy) is 1. The van der Waals surface area contributed by atoms with Crippen molar-refractivity contribution in [1.29, 1.82) is 0 Å². The molecule has 8 nitrogen and oxygen atoms in total. The topological polar surface area (TPSA) is 96.0 Å². The lowest BCUT2D eigenvalue weighted by molar-refractivity contribution is -0.380. The first-order chi connectivity index (χ1) is 13.7. The maximum atomic E-state index is 10.9. The molecule has 0 saturated carbocycles. The maximum absolute atomic E-state index is 10.9. The van der Waals surface area contributed by atoms with E-state index in [-0.39, 0.29) is 5.00 Å². The van der Waals surface area contributed by atoms with Gasteiger partial charge in [-0.2, -0.15) is 0 Å². The van der Waals surface area contributed by atoms with Crippen LogP contribution in [-0.4, -0.2) is 31.8 Å². The van der Waals surface area contributed by atoms with Crippen molar-refractivity contribution >= 4 is 28.1 Å². The number of rotatable bonds is 6. The predicted molar refractivity (Wildman–Crippen MR) is 106 cm³/mol. The summed E-state index contributed by atoms with van der Waals surface area (Å²) < 4.78 is 7.88. The van der Waals surface area contributed by atoms with Crippen LogP contribution in [-0.2, 0) is 0 Å². The summed E-state index contributed by atoms with van der Waals surface area (Å²) in [5, 5.41) is 20.1. The third-order valence-corrected chi connectivity index (χ3v) is 5.80. The zero-order valence-electron chi connectivity index (χ0n) is 14.6. The summed E-state index contributed by atoms with van der Waals surface area (Å²) in [7, 11) is 1.60. The van der Waals surface area contributed by atoms with Crippen molar-refractivity contribution in [1.82, 2.24) is 19.7 Å². The number of hydrogen-bond acceptors (Lipinski definition) is 8. The summed E-state index contributed by atoms with van der Waals surface area (Å²) in [6, 6.07) is 17.2. The summed E-state index contributed by atoms with van der Waals surface area (Å²) in [5.74, 6) is 1.28. The second-order valence-electron chi connectivity index (χ2n) is 5.50. The Morgan fingerprint density at radius 2 is 1.86 bits per heavy atom. The molecule has 0 aliphatic rings. The molecule has 0 saturated heterocycles. The standard InChI is InChI=1S/C18H13N5O3S2/c1-26-14-10-6-5-9-13(14)16-20-21-17(22(16)12-7-3-2-4-8-12)28-18-19-11-15(27-18)23(24)25/h2-11H,1H3. The second-order valence-corrected chi connectivity index (χ2v) is 7.72. The highest BCUT2D eigenvalue weighted by atomic mass is 32.2. The van der Waals surface area contributed by atoms with Crippen molar-refractivity contribution in [2.45, 2.75) is 9.50 Å². The van der Waals surface area contributed by atoms with Gasteiger partial charge in [-0.15, -0.1) is 10.2 Å². The Bertz CT molecular complexity index is 1130. The maximum Gasteiger partial charge on any atom is 0.344 e. The Morgan fingerprint density at radius 3 is 2.57 bits per heavy atom. The first-order valence-electron chi connectivity index (χ1n) is 8.09. The molecule has 2 aromatic carbocycles. The normalized spacial score (nSPS) is 10.8. The number of thiazole rings is 1. The molecule has 0 N–H and O–H groups in total. The molecular formula is C18H13N5O3S2. The molecule has 0 bridgehead atoms. The molecule has 2 heterocycles. The predicted octanol–water partition coefficient (Wildman–Crippen LogP) is 4.46. The molecule has 28 heavy (non-hydrogen) atoms. The zero-order valence-corrected chi connectivity index (χ0v) is 16.2. The first-order valence-corrected chi connectivity index (χ1v) is 9.73. The van der Waals surface area contributed by atoms with E-state index in [2.05, 4.69) is 15.2 Å². The molecule has 0 fully saturated rings. The van der Waals surface area contributed by atoms with Crippen LogP contribution in [0.4, 0.5) is 5.00 Å². The van der Waals surface area contributed by atoms with Crippen LogP contribution in [0.15, 0.2) is 70.3 Å². The van der Waals surface area contributed by atoms with Gasteiger partial charge in [0, 0.05) is 5.69 Å². The Balaban J connectivity index is 1.83. The van der Waals surface area contributed by atoms with Crippen LogP contribution in [0.2, 0.25) is 0 Å². The Labute approximate surface area is 168 Å². The smallest absolute Gasteiger partial charge is 0.344 e. The minimum absolute atomic E-state index is 0.0155. The Hall–Kier alpha value is -3.24. The van der Waals surface area contributed by atoms with Crippen molar-refractivity contribution in [3.63, 3.8) is 0 Å². The molecule has 10 heteroatoms. The van der Waals surface area contributed by atoms with E-state index in [9.17, 15) is 10.1 Å². The largest absolute Gasteiger partial charge is 0.496 e. The highest BCUT2D eigenvalue weighted by Gasteiger charge is 2.21. The zero-order chi connectivity index (χ0) is 19.5. The number of aromatic nitrogens is 4. The highest BCUT2D eigenvalue weighted by molar-refractivity contribution is 8.01. The van der Waals surface area contributed by atoms with Gasteiger partial charge in [-0.3, -0.25) is 14.7 Å². The molecule has 0 amide bonds. The summed E-state index contributed by atoms with van der Waals surface area (Å²) in [5.41, 5.74) is 1.65. The van der Waals surface area contributed by atoms with Gasteiger partial charge in [0.15, 0.2) is 10.2 Å². The van der Waals surface area contributed by atoms with Gasteiger partial charge in [-0.25, -0.2) is 4.98 Å². The van der Waals surface area contributed by atoms with Gasteiger partial charge in [0.2, 0.25) is 5.16 Å². The fourth-order valence-electron chi connectivity index (χ4n) is 2.61. The van der Waals surface area contributed by atoms with E-state index >= 15 is 0 Å². The molecule has 2 aromatic heterocycles. The highest BCUT2D eigenvalue weighted by Crippen LogP contribution is 2.37. The third-order valence-electron chi connectivity index (χ3n) is 3.83. The molecule has 4 rings (SSSR count). The van der Waals surface area contributed by atoms with Crippen LogP contribution < -0.4 is 4.74 Å². The van der Waals surface area contributed by atoms with E-state index in [1.165, 1.54) is 18.0 Å². The lowest BCUT2D eigenvalue weighted by Crippen LogP contribution is -2.00. The van der Waals surface area contributed by atoms with Gasteiger partial charge in [-0.1, -0.05) is 30.3 Å². The molecule has 0 spiro atoms. The van der Waals surface area contributed by atoms with Crippen LogP contribution in [0, 0.1) is 10.1 Å². The van der Waals surface area contributed by atoms with E-state index < -0.39 is 4.92 Å². The van der Waals surface area contributed by atoms with Crippen molar-refractivity contribution in [3.8, 4) is 22.8 Å². The summed E-state index contributed by atoms with van der Waals surface area (Å²) in [6.45, 7) is 0. The lowest BCUT2D eigenvalue weighted by atomic mass is 10.2. The first kappa shape index (κ1) is 18.1. The molecule has 140 valence electrons. The van der Waals surface area contributed by atoms with Crippen molar-refractivity contribution in [3.05, 3.63) is 70.9 Å². The van der Waals surface area contributed by atoms with E-state index in [1.54, 1.807) is 7.11 Å². The quantitative estimate of drug-likeness (QED) is 0.341. The number of nitro groups is 1. The van der Waals surface area contributed by atoms with Crippen LogP contribution in [0.5, 0.6) is 5.75 Å². The minimum atomic E-state index is -0.454. The van der Waals surface area contributed by atoms with Crippen LogP contribution in [0.25, 0.3) is 17.1 Å². The molecule has 0 radical (unpaired) electrons. The molecule has 0 unspecified atom stereocenters. The van der Waals surface area contributed by atoms with Crippen molar-refractivity contribution in [2.24, 2.45) is 0 Å². The number of para-hydroxylation sites is 2. The fourth-order valence-corrected chi connectivity index (χ4v) is 4.35. The SMILES string of the molecule is COc1ccccc1-c1nnc(Sc2ncc([N+](=O)[O-])s2)n1-c1ccccc1. The molecule has 4 aromatic rings. The minimum Gasteiger partial charge on any atom is -0.496 e. The number of nitrogens with zero attached hydrogens (tertiary/aromatic N) is 5. The van der Waals surface area contributed by atoms with Crippen LogP contribution in [0.1, 0.15) is 0 Å². The van der Waals surface area contributed by atoms with Gasteiger partial charge in [0.05, 0.1) is 17.6 Å². The van der Waals surface area contributed by atoms with Gasteiger partial charge in [-0.05, 0) is 47.4 Å². The summed E-state index contributed by atoms with van der Waals surface area (Å²) in [4.78, 5) is 14.6. The fraction of sp³-hybridized carbons (Fsp3) is 0.0556. The van der Waals surface area contributed by atoms with E-state index in [1.807, 2.05) is 59.2 Å². The van der Waals surface area contributed by atoms with Gasteiger partial charge in [0.1, 0.15) is 11.9 Å². The lowest BCUT2D eigenvalue weighted by Gasteiger charge is -2.11. The average molecular weight is 411 g/mol. The molecule has 0 aliphatic heterocycles. The number of benzene rings is 2. The molecule has 0 aliphatic carbocycles. The second kappa shape index (κ2) is 7.79. The van der Waals surface area contributed by atoms with Gasteiger partial charge in [0.25, 0.3) is 0 Å². The Kier molecular flexibility index (Phi) is 5.04. The van der Waals surface area contributed by atoms with E-state index in [4.69, 9.17) is 4.74 Å². The molecule has 0 atom stereocenters. The van der Waals surface area contributed by atoms with Gasteiger partial charge >= 0.3 is 5.00 Å². The van der Waals surface area contributed by atoms with E-state index in [0.717, 1.165) is 22.6 Å². The monoisotopic (exact) mass is 411 g/mol. The Morgan fingerprint density at radius 1 is 1.11 bits per heavy atom. The van der Waals surface area contributed by atoms with Crippen molar-refractivity contribution < 1.29 is 9.66 Å².